The molecule has 0 aromatic carbocycles. The highest BCUT2D eigenvalue weighted by Crippen LogP contribution is 2.24. The summed E-state index contributed by atoms with van der Waals surface area (Å²) in [7, 11) is -2.02. The zero-order valence-corrected chi connectivity index (χ0v) is 11.2. The van der Waals surface area contributed by atoms with Crippen LogP contribution in [-0.4, -0.2) is 45.8 Å². The standard InChI is InChI=1S/C10H20N2O5S/c1-17-7-6-11-18(15,16)12-9-4-2-8(3-5-9)10(13)14/h8-9,11-12H,2-7H2,1H3,(H,13,14). The topological polar surface area (TPSA) is 105 Å². The lowest BCUT2D eigenvalue weighted by atomic mass is 9.87. The van der Waals surface area contributed by atoms with Crippen LogP contribution in [0.2, 0.25) is 0 Å². The lowest BCUT2D eigenvalue weighted by molar-refractivity contribution is -0.142. The lowest BCUT2D eigenvalue weighted by Crippen LogP contribution is -2.45. The van der Waals surface area contributed by atoms with Crippen molar-refractivity contribution >= 4 is 16.2 Å². The molecule has 1 fully saturated rings. The number of aliphatic carboxylic acids is 1. The fraction of sp³-hybridized carbons (Fsp3) is 0.900. The zero-order valence-electron chi connectivity index (χ0n) is 10.4. The molecular formula is C10H20N2O5S. The quantitative estimate of drug-likeness (QED) is 0.555. The highest BCUT2D eigenvalue weighted by molar-refractivity contribution is 7.87. The zero-order chi connectivity index (χ0) is 13.6. The molecule has 0 unspecified atom stereocenters. The van der Waals surface area contributed by atoms with Crippen molar-refractivity contribution in [2.45, 2.75) is 31.7 Å². The first-order valence-electron chi connectivity index (χ1n) is 5.93. The minimum atomic E-state index is -3.52. The van der Waals surface area contributed by atoms with Gasteiger partial charge in [-0.2, -0.15) is 17.9 Å². The van der Waals surface area contributed by atoms with Crippen molar-refractivity contribution in [1.82, 2.24) is 9.44 Å². The van der Waals surface area contributed by atoms with Crippen molar-refractivity contribution in [3.8, 4) is 0 Å². The molecule has 18 heavy (non-hydrogen) atoms. The van der Waals surface area contributed by atoms with E-state index < -0.39 is 16.2 Å². The highest BCUT2D eigenvalue weighted by atomic mass is 32.2. The van der Waals surface area contributed by atoms with E-state index in [4.69, 9.17) is 9.84 Å². The lowest BCUT2D eigenvalue weighted by Gasteiger charge is -2.26. The van der Waals surface area contributed by atoms with Crippen molar-refractivity contribution in [2.75, 3.05) is 20.3 Å². The summed E-state index contributed by atoms with van der Waals surface area (Å²) in [6, 6.07) is -0.180. The smallest absolute Gasteiger partial charge is 0.306 e. The summed E-state index contributed by atoms with van der Waals surface area (Å²) in [4.78, 5) is 10.8. The van der Waals surface area contributed by atoms with Crippen LogP contribution in [0, 0.1) is 5.92 Å². The molecule has 0 aromatic rings. The van der Waals surface area contributed by atoms with Gasteiger partial charge in [0.2, 0.25) is 0 Å². The van der Waals surface area contributed by atoms with Crippen molar-refractivity contribution in [3.05, 3.63) is 0 Å². The number of carbonyl (C=O) groups is 1. The maximum Gasteiger partial charge on any atom is 0.306 e. The molecule has 8 heteroatoms. The number of carboxylic acid groups (broad SMARTS) is 1. The summed E-state index contributed by atoms with van der Waals surface area (Å²) < 4.78 is 32.8. The van der Waals surface area contributed by atoms with Gasteiger partial charge >= 0.3 is 5.97 Å². The van der Waals surface area contributed by atoms with Crippen molar-refractivity contribution < 1.29 is 23.1 Å². The fourth-order valence-electron chi connectivity index (χ4n) is 2.00. The predicted molar refractivity (Wildman–Crippen MR) is 65.3 cm³/mol. The maximum atomic E-state index is 11.6. The minimum Gasteiger partial charge on any atom is -0.481 e. The normalized spacial score (nSPS) is 24.9. The maximum absolute atomic E-state index is 11.6. The first-order chi connectivity index (χ1) is 8.44. The van der Waals surface area contributed by atoms with Gasteiger partial charge in [-0.15, -0.1) is 0 Å². The number of methoxy groups -OCH3 is 1. The number of rotatable bonds is 7. The molecule has 0 heterocycles. The van der Waals surface area contributed by atoms with Gasteiger partial charge in [-0.1, -0.05) is 0 Å². The Bertz CT molecular complexity index is 362. The molecule has 1 rings (SSSR count). The summed E-state index contributed by atoms with van der Waals surface area (Å²) in [5.41, 5.74) is 0. The van der Waals surface area contributed by atoms with E-state index in [1.807, 2.05) is 0 Å². The molecule has 0 saturated heterocycles. The van der Waals surface area contributed by atoms with Gasteiger partial charge < -0.3 is 9.84 Å². The Morgan fingerprint density at radius 2 is 1.94 bits per heavy atom. The van der Waals surface area contributed by atoms with Gasteiger partial charge in [0.25, 0.3) is 10.2 Å². The Hall–Kier alpha value is -0.700. The average molecular weight is 280 g/mol. The summed E-state index contributed by atoms with van der Waals surface area (Å²) in [5.74, 6) is -1.14. The molecule has 0 bridgehead atoms. The molecule has 0 aliphatic heterocycles. The number of hydrogen-bond donors (Lipinski definition) is 3. The van der Waals surface area contributed by atoms with Crippen LogP contribution in [0.3, 0.4) is 0 Å². The van der Waals surface area contributed by atoms with Gasteiger partial charge in [-0.25, -0.2) is 0 Å². The second kappa shape index (κ2) is 7.03. The van der Waals surface area contributed by atoms with Crippen molar-refractivity contribution in [2.24, 2.45) is 5.92 Å². The molecule has 106 valence electrons. The molecule has 0 atom stereocenters. The molecule has 0 amide bonds. The van der Waals surface area contributed by atoms with E-state index in [2.05, 4.69) is 9.44 Å². The third kappa shape index (κ3) is 5.30. The number of ether oxygens (including phenoxy) is 1. The Morgan fingerprint density at radius 3 is 2.44 bits per heavy atom. The Morgan fingerprint density at radius 1 is 1.33 bits per heavy atom. The van der Waals surface area contributed by atoms with Gasteiger partial charge in [-0.05, 0) is 25.7 Å². The Kier molecular flexibility index (Phi) is 6.00. The Balaban J connectivity index is 2.33. The van der Waals surface area contributed by atoms with E-state index in [0.29, 0.717) is 32.3 Å². The monoisotopic (exact) mass is 280 g/mol. The van der Waals surface area contributed by atoms with Crippen LogP contribution in [0.1, 0.15) is 25.7 Å². The van der Waals surface area contributed by atoms with E-state index in [1.165, 1.54) is 7.11 Å². The van der Waals surface area contributed by atoms with E-state index in [9.17, 15) is 13.2 Å². The molecular weight excluding hydrogens is 260 g/mol. The molecule has 0 spiro atoms. The highest BCUT2D eigenvalue weighted by Gasteiger charge is 2.27. The first kappa shape index (κ1) is 15.4. The van der Waals surface area contributed by atoms with Crippen LogP contribution in [-0.2, 0) is 19.7 Å². The summed E-state index contributed by atoms with van der Waals surface area (Å²) in [6.07, 6.45) is 2.14. The van der Waals surface area contributed by atoms with Crippen LogP contribution in [0.4, 0.5) is 0 Å². The van der Waals surface area contributed by atoms with E-state index in [-0.39, 0.29) is 18.5 Å². The molecule has 0 aromatic heterocycles. The SMILES string of the molecule is COCCNS(=O)(=O)NC1CCC(C(=O)O)CC1. The summed E-state index contributed by atoms with van der Waals surface area (Å²) in [6.45, 7) is 0.531. The average Bonchev–Trinajstić information content (AvgIpc) is 2.29. The predicted octanol–water partition coefficient (Wildman–Crippen LogP) is -0.300. The largest absolute Gasteiger partial charge is 0.481 e. The van der Waals surface area contributed by atoms with Crippen molar-refractivity contribution in [3.63, 3.8) is 0 Å². The van der Waals surface area contributed by atoms with Crippen LogP contribution >= 0.6 is 0 Å². The van der Waals surface area contributed by atoms with Crippen molar-refractivity contribution in [1.29, 1.82) is 0 Å². The fourth-order valence-corrected chi connectivity index (χ4v) is 3.11. The van der Waals surface area contributed by atoms with E-state index >= 15 is 0 Å². The van der Waals surface area contributed by atoms with Crippen LogP contribution in [0.5, 0.6) is 0 Å². The minimum absolute atomic E-state index is 0.180. The molecule has 7 nitrogen and oxygen atoms in total. The van der Waals surface area contributed by atoms with Crippen LogP contribution in [0.25, 0.3) is 0 Å². The van der Waals surface area contributed by atoms with Gasteiger partial charge in [0.15, 0.2) is 0 Å². The number of hydrogen-bond acceptors (Lipinski definition) is 4. The molecule has 0 radical (unpaired) electrons. The third-order valence-electron chi connectivity index (χ3n) is 3.00. The van der Waals surface area contributed by atoms with Crippen LogP contribution in [0.15, 0.2) is 0 Å². The number of carboxylic acids is 1. The van der Waals surface area contributed by atoms with Crippen LogP contribution < -0.4 is 9.44 Å². The Labute approximate surface area is 107 Å². The second-order valence-corrected chi connectivity index (χ2v) is 5.93. The second-order valence-electron chi connectivity index (χ2n) is 4.40. The third-order valence-corrected chi connectivity index (χ3v) is 4.22. The number of nitrogens with one attached hydrogen (secondary N) is 2. The molecule has 1 aliphatic carbocycles. The molecule has 3 N–H and O–H groups in total. The van der Waals surface area contributed by atoms with E-state index in [1.54, 1.807) is 0 Å². The van der Waals surface area contributed by atoms with Gasteiger partial charge in [-0.3, -0.25) is 4.79 Å². The molecule has 1 aliphatic rings. The van der Waals surface area contributed by atoms with E-state index in [0.717, 1.165) is 0 Å². The first-order valence-corrected chi connectivity index (χ1v) is 7.41. The summed E-state index contributed by atoms with van der Waals surface area (Å²) in [5, 5.41) is 8.84. The van der Waals surface area contributed by atoms with Gasteiger partial charge in [0.05, 0.1) is 12.5 Å². The van der Waals surface area contributed by atoms with Gasteiger partial charge in [0, 0.05) is 19.7 Å². The molecule has 1 saturated carbocycles. The summed E-state index contributed by atoms with van der Waals surface area (Å²) >= 11 is 0. The van der Waals surface area contributed by atoms with Gasteiger partial charge in [0.1, 0.15) is 0 Å².